The molecule has 180 valence electrons. The van der Waals surface area contributed by atoms with E-state index < -0.39 is 12.6 Å². The lowest BCUT2D eigenvalue weighted by Crippen LogP contribution is -2.19. The van der Waals surface area contributed by atoms with Crippen molar-refractivity contribution in [2.75, 3.05) is 23.0 Å². The largest absolute Gasteiger partial charge is 0.487 e. The summed E-state index contributed by atoms with van der Waals surface area (Å²) in [5, 5.41) is 8.49. The number of hydrogen-bond acceptors (Lipinski definition) is 5. The molecule has 3 N–H and O–H groups in total. The number of pyridine rings is 1. The molecule has 0 aliphatic heterocycles. The van der Waals surface area contributed by atoms with E-state index in [1.165, 1.54) is 24.3 Å². The molecule has 1 aromatic heterocycles. The summed E-state index contributed by atoms with van der Waals surface area (Å²) >= 11 is 0. The lowest BCUT2D eigenvalue weighted by Gasteiger charge is -2.18. The van der Waals surface area contributed by atoms with Crippen LogP contribution in [0, 0.1) is 0 Å². The molecule has 0 saturated carbocycles. The predicted molar refractivity (Wildman–Crippen MR) is 130 cm³/mol. The first-order valence-corrected chi connectivity index (χ1v) is 11.0. The van der Waals surface area contributed by atoms with Crippen LogP contribution in [0.25, 0.3) is 11.3 Å². The van der Waals surface area contributed by atoms with Gasteiger partial charge in [-0.1, -0.05) is 26.0 Å². The van der Waals surface area contributed by atoms with E-state index in [4.69, 9.17) is 4.74 Å². The zero-order valence-electron chi connectivity index (χ0n) is 19.3. The third kappa shape index (κ3) is 6.81. The Bertz CT molecular complexity index is 1090. The molecule has 0 aliphatic carbocycles. The Balaban J connectivity index is 1.69. The number of carbonyl (C=O) groups is 1. The van der Waals surface area contributed by atoms with Crippen molar-refractivity contribution in [2.45, 2.75) is 39.4 Å². The van der Waals surface area contributed by atoms with E-state index in [-0.39, 0.29) is 11.9 Å². The van der Waals surface area contributed by atoms with E-state index in [9.17, 15) is 13.6 Å². The SMILES string of the molecule is CCC(CC)Oc1ccc(-c2cccc(NC(=O)Nc3ccc(OC(F)F)cc3)c2)nc1NC. The quantitative estimate of drug-likeness (QED) is 0.311. The summed E-state index contributed by atoms with van der Waals surface area (Å²) in [7, 11) is 1.79. The summed E-state index contributed by atoms with van der Waals surface area (Å²) in [6.45, 7) is 1.27. The highest BCUT2D eigenvalue weighted by molar-refractivity contribution is 6.00. The molecule has 7 nitrogen and oxygen atoms in total. The zero-order valence-corrected chi connectivity index (χ0v) is 19.3. The van der Waals surface area contributed by atoms with Gasteiger partial charge in [0.05, 0.1) is 11.8 Å². The Morgan fingerprint density at radius 1 is 0.941 bits per heavy atom. The van der Waals surface area contributed by atoms with E-state index >= 15 is 0 Å². The Morgan fingerprint density at radius 3 is 2.29 bits per heavy atom. The van der Waals surface area contributed by atoms with Crippen molar-refractivity contribution < 1.29 is 23.0 Å². The van der Waals surface area contributed by atoms with Gasteiger partial charge in [0.2, 0.25) is 0 Å². The molecule has 0 spiro atoms. The lowest BCUT2D eigenvalue weighted by atomic mass is 10.1. The Hall–Kier alpha value is -3.88. The van der Waals surface area contributed by atoms with Crippen LogP contribution in [0.15, 0.2) is 60.7 Å². The van der Waals surface area contributed by atoms with Crippen molar-refractivity contribution in [1.82, 2.24) is 4.98 Å². The van der Waals surface area contributed by atoms with E-state index in [1.807, 2.05) is 30.3 Å². The number of amides is 2. The first kappa shape index (κ1) is 24.8. The van der Waals surface area contributed by atoms with Gasteiger partial charge >= 0.3 is 12.6 Å². The van der Waals surface area contributed by atoms with Gasteiger partial charge in [-0.05, 0) is 61.4 Å². The Kier molecular flexibility index (Phi) is 8.61. The normalized spacial score (nSPS) is 10.8. The van der Waals surface area contributed by atoms with Gasteiger partial charge < -0.3 is 25.4 Å². The molecular formula is C25H28F2N4O3. The second-order valence-electron chi connectivity index (χ2n) is 7.41. The second kappa shape index (κ2) is 11.8. The van der Waals surface area contributed by atoms with Crippen LogP contribution in [-0.2, 0) is 0 Å². The number of urea groups is 1. The maximum atomic E-state index is 12.4. The molecule has 2 aromatic carbocycles. The fourth-order valence-corrected chi connectivity index (χ4v) is 3.29. The highest BCUT2D eigenvalue weighted by atomic mass is 19.3. The number of carbonyl (C=O) groups excluding carboxylic acids is 1. The molecule has 0 saturated heterocycles. The number of ether oxygens (including phenoxy) is 2. The first-order valence-electron chi connectivity index (χ1n) is 11.0. The van der Waals surface area contributed by atoms with Crippen LogP contribution < -0.4 is 25.4 Å². The average Bonchev–Trinajstić information content (AvgIpc) is 2.83. The monoisotopic (exact) mass is 470 g/mol. The van der Waals surface area contributed by atoms with Gasteiger partial charge in [-0.2, -0.15) is 8.78 Å². The number of rotatable bonds is 10. The molecule has 9 heteroatoms. The summed E-state index contributed by atoms with van der Waals surface area (Å²) in [4.78, 5) is 17.1. The summed E-state index contributed by atoms with van der Waals surface area (Å²) < 4.78 is 34.9. The molecule has 3 aromatic rings. The molecule has 0 radical (unpaired) electrons. The summed E-state index contributed by atoms with van der Waals surface area (Å²) in [6, 6.07) is 16.2. The molecule has 0 atom stereocenters. The highest BCUT2D eigenvalue weighted by Gasteiger charge is 2.12. The van der Waals surface area contributed by atoms with E-state index in [2.05, 4.69) is 39.5 Å². The number of nitrogens with one attached hydrogen (secondary N) is 3. The fraction of sp³-hybridized carbons (Fsp3) is 0.280. The smallest absolute Gasteiger partial charge is 0.387 e. The maximum Gasteiger partial charge on any atom is 0.387 e. The maximum absolute atomic E-state index is 12.4. The zero-order chi connectivity index (χ0) is 24.5. The van der Waals surface area contributed by atoms with Crippen LogP contribution in [0.1, 0.15) is 26.7 Å². The molecule has 3 rings (SSSR count). The van der Waals surface area contributed by atoms with Gasteiger partial charge in [-0.25, -0.2) is 9.78 Å². The number of anilines is 3. The van der Waals surface area contributed by atoms with Crippen molar-refractivity contribution in [1.29, 1.82) is 0 Å². The van der Waals surface area contributed by atoms with Gasteiger partial charge in [0.25, 0.3) is 0 Å². The number of benzene rings is 2. The molecule has 0 bridgehead atoms. The van der Waals surface area contributed by atoms with Gasteiger partial charge in [0.1, 0.15) is 5.75 Å². The summed E-state index contributed by atoms with van der Waals surface area (Å²) in [5.41, 5.74) is 2.54. The van der Waals surface area contributed by atoms with Gasteiger partial charge in [0, 0.05) is 24.0 Å². The number of aromatic nitrogens is 1. The summed E-state index contributed by atoms with van der Waals surface area (Å²) in [6.07, 6.45) is 1.94. The van der Waals surface area contributed by atoms with E-state index in [0.717, 1.165) is 24.1 Å². The third-order valence-corrected chi connectivity index (χ3v) is 5.05. The summed E-state index contributed by atoms with van der Waals surface area (Å²) in [5.74, 6) is 1.34. The van der Waals surface area contributed by atoms with Crippen LogP contribution >= 0.6 is 0 Å². The molecular weight excluding hydrogens is 442 g/mol. The minimum atomic E-state index is -2.90. The number of alkyl halides is 2. The van der Waals surface area contributed by atoms with Crippen LogP contribution in [-0.4, -0.2) is 30.8 Å². The van der Waals surface area contributed by atoms with Crippen LogP contribution in [0.5, 0.6) is 11.5 Å². The van der Waals surface area contributed by atoms with Crippen molar-refractivity contribution in [3.8, 4) is 22.8 Å². The van der Waals surface area contributed by atoms with Crippen LogP contribution in [0.2, 0.25) is 0 Å². The standard InChI is InChI=1S/C25H28F2N4O3/c1-4-19(5-2)33-22-14-13-21(31-23(22)28-3)16-7-6-8-18(15-16)30-25(32)29-17-9-11-20(12-10-17)34-24(26)27/h6-15,19,24H,4-5H2,1-3H3,(H,28,31)(H2,29,30,32). The number of halogens is 2. The Morgan fingerprint density at radius 2 is 1.65 bits per heavy atom. The highest BCUT2D eigenvalue weighted by Crippen LogP contribution is 2.29. The topological polar surface area (TPSA) is 84.5 Å². The van der Waals surface area contributed by atoms with Crippen molar-refractivity contribution in [2.24, 2.45) is 0 Å². The van der Waals surface area contributed by atoms with Crippen LogP contribution in [0.4, 0.5) is 30.8 Å². The predicted octanol–water partition coefficient (Wildman–Crippen LogP) is 6.60. The Labute approximate surface area is 197 Å². The number of nitrogens with zero attached hydrogens (tertiary/aromatic N) is 1. The molecule has 0 unspecified atom stereocenters. The van der Waals surface area contributed by atoms with Gasteiger partial charge in [0.15, 0.2) is 11.6 Å². The molecule has 0 aliphatic rings. The van der Waals surface area contributed by atoms with E-state index in [1.54, 1.807) is 13.1 Å². The van der Waals surface area contributed by atoms with Crippen LogP contribution in [0.3, 0.4) is 0 Å². The minimum absolute atomic E-state index is 0.0124. The third-order valence-electron chi connectivity index (χ3n) is 5.05. The molecule has 34 heavy (non-hydrogen) atoms. The molecule has 2 amide bonds. The number of hydrogen-bond donors (Lipinski definition) is 3. The average molecular weight is 471 g/mol. The lowest BCUT2D eigenvalue weighted by molar-refractivity contribution is -0.0498. The van der Waals surface area contributed by atoms with Gasteiger partial charge in [-0.15, -0.1) is 0 Å². The minimum Gasteiger partial charge on any atom is -0.487 e. The van der Waals surface area contributed by atoms with Crippen molar-refractivity contribution in [3.63, 3.8) is 0 Å². The first-order chi connectivity index (χ1) is 16.4. The fourth-order valence-electron chi connectivity index (χ4n) is 3.29. The van der Waals surface area contributed by atoms with Crippen molar-refractivity contribution >= 4 is 23.2 Å². The second-order valence-corrected chi connectivity index (χ2v) is 7.41. The van der Waals surface area contributed by atoms with E-state index in [0.29, 0.717) is 22.9 Å². The van der Waals surface area contributed by atoms with Gasteiger partial charge in [-0.3, -0.25) is 0 Å². The molecule has 0 fully saturated rings. The van der Waals surface area contributed by atoms with Crippen molar-refractivity contribution in [3.05, 3.63) is 60.7 Å². The molecule has 1 heterocycles.